The van der Waals surface area contributed by atoms with Gasteiger partial charge in [-0.3, -0.25) is 9.69 Å². The number of morpholine rings is 1. The highest BCUT2D eigenvalue weighted by Crippen LogP contribution is 2.49. The molecule has 0 aromatic carbocycles. The van der Waals surface area contributed by atoms with Crippen molar-refractivity contribution in [3.63, 3.8) is 0 Å². The van der Waals surface area contributed by atoms with E-state index in [9.17, 15) is 9.90 Å². The van der Waals surface area contributed by atoms with Crippen molar-refractivity contribution in [2.75, 3.05) is 45.9 Å². The van der Waals surface area contributed by atoms with E-state index < -0.39 is 0 Å². The smallest absolute Gasteiger partial charge is 0.228 e. The van der Waals surface area contributed by atoms with E-state index in [4.69, 9.17) is 4.74 Å². The number of likely N-dealkylation sites (tertiary alicyclic amines) is 2. The van der Waals surface area contributed by atoms with Crippen LogP contribution in [-0.4, -0.2) is 93.8 Å². The van der Waals surface area contributed by atoms with E-state index >= 15 is 0 Å². The van der Waals surface area contributed by atoms with Gasteiger partial charge in [-0.25, -0.2) is 4.98 Å². The number of piperidine rings is 1. The second-order valence-corrected chi connectivity index (χ2v) is 10.2. The summed E-state index contributed by atoms with van der Waals surface area (Å²) in [6.45, 7) is 7.38. The number of carbonyl (C=O) groups is 1. The standard InChI is InChI=1S/C24H33N5O3/c1-16-3-2-8-29-18(10-26-23(16)29)9-22(31)28-11-20-19(13-30)21-12-27(14-24(20,15-28)32-21)17-4-6-25-7-5-17/h2-3,8,10,17,19-21,25,30H,4-7,9,11-15H2,1H3/t19-,20+,21+,24+/m0/s1. The quantitative estimate of drug-likeness (QED) is 0.720. The number of aryl methyl sites for hydroxylation is 1. The number of aromatic nitrogens is 2. The van der Waals surface area contributed by atoms with Crippen LogP contribution in [0, 0.1) is 18.8 Å². The summed E-state index contributed by atoms with van der Waals surface area (Å²) in [6.07, 6.45) is 6.52. The minimum atomic E-state index is -0.340. The normalized spacial score (nSPS) is 33.2. The van der Waals surface area contributed by atoms with E-state index in [-0.39, 0.29) is 36.1 Å². The molecule has 2 bridgehead atoms. The largest absolute Gasteiger partial charge is 0.396 e. The third-order valence-electron chi connectivity index (χ3n) is 8.35. The van der Waals surface area contributed by atoms with Crippen molar-refractivity contribution in [1.82, 2.24) is 24.5 Å². The van der Waals surface area contributed by atoms with Crippen molar-refractivity contribution in [2.45, 2.75) is 43.9 Å². The van der Waals surface area contributed by atoms with Crippen LogP contribution in [0.2, 0.25) is 0 Å². The molecule has 1 spiro atoms. The molecule has 172 valence electrons. The molecular formula is C24H33N5O3. The van der Waals surface area contributed by atoms with Crippen molar-refractivity contribution in [3.05, 3.63) is 35.8 Å². The van der Waals surface area contributed by atoms with Crippen LogP contribution in [0.3, 0.4) is 0 Å². The molecule has 6 heterocycles. The Morgan fingerprint density at radius 3 is 2.97 bits per heavy atom. The van der Waals surface area contributed by atoms with Gasteiger partial charge in [-0.1, -0.05) is 6.07 Å². The number of rotatable bonds is 4. The number of fused-ring (bicyclic) bond motifs is 2. The molecule has 2 aromatic rings. The molecule has 8 heteroatoms. The zero-order valence-corrected chi connectivity index (χ0v) is 18.7. The van der Waals surface area contributed by atoms with Gasteiger partial charge in [0.1, 0.15) is 11.2 Å². The van der Waals surface area contributed by atoms with Gasteiger partial charge in [0.05, 0.1) is 24.8 Å². The van der Waals surface area contributed by atoms with E-state index in [1.165, 1.54) is 0 Å². The fourth-order valence-corrected chi connectivity index (χ4v) is 6.71. The first-order chi connectivity index (χ1) is 15.6. The number of nitrogens with one attached hydrogen (secondary N) is 1. The lowest BCUT2D eigenvalue weighted by Crippen LogP contribution is -2.58. The average Bonchev–Trinajstić information content (AvgIpc) is 3.43. The second-order valence-electron chi connectivity index (χ2n) is 10.2. The molecule has 4 atom stereocenters. The molecule has 6 rings (SSSR count). The van der Waals surface area contributed by atoms with Gasteiger partial charge in [0.15, 0.2) is 0 Å². The second kappa shape index (κ2) is 7.80. The van der Waals surface area contributed by atoms with E-state index in [0.29, 0.717) is 25.6 Å². The molecule has 4 saturated heterocycles. The molecule has 4 fully saturated rings. The first-order valence-corrected chi connectivity index (χ1v) is 12.0. The number of imidazole rings is 1. The summed E-state index contributed by atoms with van der Waals surface area (Å²) in [5.74, 6) is 0.434. The number of aliphatic hydroxyl groups excluding tert-OH is 1. The Hall–Kier alpha value is -2.00. The molecule has 8 nitrogen and oxygen atoms in total. The molecular weight excluding hydrogens is 406 g/mol. The van der Waals surface area contributed by atoms with Gasteiger partial charge in [-0.05, 0) is 44.5 Å². The molecule has 0 unspecified atom stereocenters. The van der Waals surface area contributed by atoms with Crippen LogP contribution in [0.4, 0.5) is 0 Å². The summed E-state index contributed by atoms with van der Waals surface area (Å²) >= 11 is 0. The third-order valence-corrected chi connectivity index (χ3v) is 8.35. The number of hydrogen-bond donors (Lipinski definition) is 2. The summed E-state index contributed by atoms with van der Waals surface area (Å²) in [5.41, 5.74) is 2.59. The van der Waals surface area contributed by atoms with Crippen molar-refractivity contribution in [3.8, 4) is 0 Å². The van der Waals surface area contributed by atoms with Crippen LogP contribution < -0.4 is 5.32 Å². The topological polar surface area (TPSA) is 82.3 Å². The highest BCUT2D eigenvalue weighted by molar-refractivity contribution is 5.79. The number of carbonyl (C=O) groups excluding carboxylic acids is 1. The molecule has 4 aliphatic rings. The maximum atomic E-state index is 13.4. The Balaban J connectivity index is 1.21. The van der Waals surface area contributed by atoms with E-state index in [1.54, 1.807) is 0 Å². The van der Waals surface area contributed by atoms with Crippen LogP contribution in [0.25, 0.3) is 5.65 Å². The van der Waals surface area contributed by atoms with E-state index in [2.05, 4.69) is 15.2 Å². The average molecular weight is 440 g/mol. The van der Waals surface area contributed by atoms with E-state index in [1.807, 2.05) is 40.8 Å². The summed E-state index contributed by atoms with van der Waals surface area (Å²) < 4.78 is 8.63. The highest BCUT2D eigenvalue weighted by Gasteiger charge is 2.63. The van der Waals surface area contributed by atoms with Crippen molar-refractivity contribution < 1.29 is 14.6 Å². The minimum Gasteiger partial charge on any atom is -0.396 e. The fraction of sp³-hybridized carbons (Fsp3) is 0.667. The van der Waals surface area contributed by atoms with Gasteiger partial charge >= 0.3 is 0 Å². The Morgan fingerprint density at radius 2 is 2.16 bits per heavy atom. The number of nitrogens with zero attached hydrogens (tertiary/aromatic N) is 4. The van der Waals surface area contributed by atoms with Crippen LogP contribution in [0.1, 0.15) is 24.1 Å². The lowest BCUT2D eigenvalue weighted by Gasteiger charge is -2.45. The molecule has 32 heavy (non-hydrogen) atoms. The molecule has 0 radical (unpaired) electrons. The van der Waals surface area contributed by atoms with Gasteiger partial charge in [0, 0.05) is 56.5 Å². The number of aliphatic hydroxyl groups is 1. The SMILES string of the molecule is Cc1cccn2c(CC(=O)N3C[C@@H]4[C@H](CO)[C@H]5CN(C6CCNCC6)C[C@]4(C3)O5)cnc12. The van der Waals surface area contributed by atoms with Gasteiger partial charge in [0.25, 0.3) is 0 Å². The van der Waals surface area contributed by atoms with Gasteiger partial charge in [0.2, 0.25) is 5.91 Å². The Bertz CT molecular complexity index is 1020. The van der Waals surface area contributed by atoms with Gasteiger partial charge < -0.3 is 24.5 Å². The summed E-state index contributed by atoms with van der Waals surface area (Å²) in [5, 5.41) is 13.7. The van der Waals surface area contributed by atoms with E-state index in [0.717, 1.165) is 55.9 Å². The van der Waals surface area contributed by atoms with Crippen molar-refractivity contribution in [1.29, 1.82) is 0 Å². The maximum Gasteiger partial charge on any atom is 0.228 e. The number of amides is 1. The van der Waals surface area contributed by atoms with Crippen LogP contribution >= 0.6 is 0 Å². The molecule has 1 amide bonds. The van der Waals surface area contributed by atoms with Gasteiger partial charge in [-0.15, -0.1) is 0 Å². The summed E-state index contributed by atoms with van der Waals surface area (Å²) in [4.78, 5) is 22.4. The van der Waals surface area contributed by atoms with Crippen molar-refractivity contribution in [2.24, 2.45) is 11.8 Å². The predicted octanol–water partition coefficient (Wildman–Crippen LogP) is 0.457. The molecule has 0 saturated carbocycles. The zero-order valence-electron chi connectivity index (χ0n) is 18.7. The first kappa shape index (κ1) is 20.6. The zero-order chi connectivity index (χ0) is 21.9. The number of ether oxygens (including phenoxy) is 1. The summed E-state index contributed by atoms with van der Waals surface area (Å²) in [6, 6.07) is 4.60. The summed E-state index contributed by atoms with van der Waals surface area (Å²) in [7, 11) is 0. The Labute approximate surface area is 188 Å². The monoisotopic (exact) mass is 439 g/mol. The predicted molar refractivity (Wildman–Crippen MR) is 119 cm³/mol. The number of pyridine rings is 1. The van der Waals surface area contributed by atoms with Crippen LogP contribution in [0.5, 0.6) is 0 Å². The Kier molecular flexibility index (Phi) is 5.02. The minimum absolute atomic E-state index is 0.0765. The van der Waals surface area contributed by atoms with Crippen LogP contribution in [-0.2, 0) is 16.0 Å². The Morgan fingerprint density at radius 1 is 1.31 bits per heavy atom. The highest BCUT2D eigenvalue weighted by atomic mass is 16.5. The van der Waals surface area contributed by atoms with Gasteiger partial charge in [-0.2, -0.15) is 0 Å². The molecule has 2 N–H and O–H groups in total. The first-order valence-electron chi connectivity index (χ1n) is 12.0. The van der Waals surface area contributed by atoms with Crippen LogP contribution in [0.15, 0.2) is 24.5 Å². The lowest BCUT2D eigenvalue weighted by molar-refractivity contribution is -0.141. The lowest BCUT2D eigenvalue weighted by atomic mass is 9.83. The maximum absolute atomic E-state index is 13.4. The van der Waals surface area contributed by atoms with Crippen molar-refractivity contribution >= 4 is 11.6 Å². The molecule has 2 aromatic heterocycles. The molecule has 0 aliphatic carbocycles. The third kappa shape index (κ3) is 3.19. The molecule has 4 aliphatic heterocycles. The fourth-order valence-electron chi connectivity index (χ4n) is 6.71. The number of hydrogen-bond acceptors (Lipinski definition) is 6.